The average Bonchev–Trinajstić information content (AvgIpc) is 2.25. The van der Waals surface area contributed by atoms with Gasteiger partial charge in [-0.05, 0) is 31.4 Å². The van der Waals surface area contributed by atoms with Crippen LogP contribution in [0.1, 0.15) is 30.0 Å². The predicted molar refractivity (Wildman–Crippen MR) is 59.4 cm³/mol. The summed E-state index contributed by atoms with van der Waals surface area (Å²) in [5.41, 5.74) is 7.81. The van der Waals surface area contributed by atoms with E-state index >= 15 is 0 Å². The normalized spacial score (nSPS) is 24.3. The second kappa shape index (κ2) is 3.61. The summed E-state index contributed by atoms with van der Waals surface area (Å²) in [5, 5.41) is 0. The molecule has 15 heavy (non-hydrogen) atoms. The van der Waals surface area contributed by atoms with Crippen LogP contribution in [-0.4, -0.2) is 14.2 Å². The first-order chi connectivity index (χ1) is 7.00. The number of nitrogens with two attached hydrogens (primary N) is 1. The van der Waals surface area contributed by atoms with Gasteiger partial charge >= 0.3 is 0 Å². The number of fused-ring (bicyclic) bond motifs is 1. The third-order valence-electron chi connectivity index (χ3n) is 2.83. The van der Waals surface area contributed by atoms with Crippen LogP contribution >= 0.6 is 0 Å². The van der Waals surface area contributed by atoms with Gasteiger partial charge in [-0.3, -0.25) is 0 Å². The lowest BCUT2D eigenvalue weighted by atomic mass is 10.0. The number of aryl methyl sites for hydroxylation is 1. The number of hydrogen-bond acceptors (Lipinski definition) is 3. The van der Waals surface area contributed by atoms with E-state index in [1.165, 1.54) is 0 Å². The summed E-state index contributed by atoms with van der Waals surface area (Å²) >= 11 is 0. The molecule has 0 amide bonds. The zero-order chi connectivity index (χ0) is 11.1. The molecule has 1 aliphatic rings. The summed E-state index contributed by atoms with van der Waals surface area (Å²) in [7, 11) is -3.11. The Labute approximate surface area is 90.2 Å². The highest BCUT2D eigenvalue weighted by molar-refractivity contribution is 7.91. The van der Waals surface area contributed by atoms with Gasteiger partial charge in [-0.1, -0.05) is 17.7 Å². The molecule has 0 bridgehead atoms. The summed E-state index contributed by atoms with van der Waals surface area (Å²) in [6.45, 7) is 1.95. The number of rotatable bonds is 0. The molecule has 1 aromatic carbocycles. The van der Waals surface area contributed by atoms with Gasteiger partial charge in [-0.25, -0.2) is 8.42 Å². The monoisotopic (exact) mass is 225 g/mol. The summed E-state index contributed by atoms with van der Waals surface area (Å²) in [6, 6.07) is 5.26. The Morgan fingerprint density at radius 2 is 2.13 bits per heavy atom. The molecule has 1 aliphatic heterocycles. The van der Waals surface area contributed by atoms with Crippen molar-refractivity contribution in [1.29, 1.82) is 0 Å². The minimum atomic E-state index is -3.11. The summed E-state index contributed by atoms with van der Waals surface area (Å²) in [6.07, 6.45) is 1.40. The summed E-state index contributed by atoms with van der Waals surface area (Å²) in [5.74, 6) is 0.219. The van der Waals surface area contributed by atoms with Crippen molar-refractivity contribution < 1.29 is 8.42 Å². The second-order valence-electron chi connectivity index (χ2n) is 4.11. The van der Waals surface area contributed by atoms with Crippen LogP contribution in [-0.2, 0) is 9.84 Å². The largest absolute Gasteiger partial charge is 0.324 e. The fourth-order valence-electron chi connectivity index (χ4n) is 2.00. The third kappa shape index (κ3) is 1.92. The highest BCUT2D eigenvalue weighted by Crippen LogP contribution is 2.30. The zero-order valence-electron chi connectivity index (χ0n) is 8.73. The van der Waals surface area contributed by atoms with Crippen molar-refractivity contribution in [3.05, 3.63) is 29.3 Å². The molecule has 0 fully saturated rings. The second-order valence-corrected chi connectivity index (χ2v) is 6.19. The minimum Gasteiger partial charge on any atom is -0.324 e. The number of sulfone groups is 1. The molecule has 2 N–H and O–H groups in total. The first-order valence-corrected chi connectivity index (χ1v) is 6.75. The lowest BCUT2D eigenvalue weighted by Crippen LogP contribution is -2.11. The molecule has 1 aromatic rings. The Morgan fingerprint density at radius 3 is 2.87 bits per heavy atom. The molecule has 4 heteroatoms. The molecule has 0 spiro atoms. The number of hydrogen-bond donors (Lipinski definition) is 1. The predicted octanol–water partition coefficient (Wildman–Crippen LogP) is 1.56. The van der Waals surface area contributed by atoms with Gasteiger partial charge in [-0.15, -0.1) is 0 Å². The van der Waals surface area contributed by atoms with Gasteiger partial charge in [-0.2, -0.15) is 0 Å². The summed E-state index contributed by atoms with van der Waals surface area (Å²) < 4.78 is 23.8. The molecule has 82 valence electrons. The lowest BCUT2D eigenvalue weighted by molar-refractivity contribution is 0.594. The van der Waals surface area contributed by atoms with E-state index in [0.29, 0.717) is 11.3 Å². The molecule has 3 nitrogen and oxygen atoms in total. The van der Waals surface area contributed by atoms with E-state index in [-0.39, 0.29) is 11.8 Å². The Balaban J connectivity index is 2.67. The van der Waals surface area contributed by atoms with Crippen LogP contribution < -0.4 is 5.73 Å². The molecular weight excluding hydrogens is 210 g/mol. The smallest absolute Gasteiger partial charge is 0.178 e. The Morgan fingerprint density at radius 1 is 1.40 bits per heavy atom. The van der Waals surface area contributed by atoms with E-state index in [0.717, 1.165) is 17.5 Å². The minimum absolute atomic E-state index is 0.142. The first kappa shape index (κ1) is 10.6. The standard InChI is InChI=1S/C11H15NO2S/c1-8-4-5-11-9(7-8)10(12)3-2-6-15(11,13)14/h4-5,7,10H,2-3,6,12H2,1H3. The highest BCUT2D eigenvalue weighted by atomic mass is 32.2. The van der Waals surface area contributed by atoms with Crippen molar-refractivity contribution in [2.24, 2.45) is 5.73 Å². The molecule has 1 atom stereocenters. The Bertz CT molecular complexity index is 479. The third-order valence-corrected chi connectivity index (χ3v) is 4.70. The maximum Gasteiger partial charge on any atom is 0.178 e. The van der Waals surface area contributed by atoms with Gasteiger partial charge < -0.3 is 5.73 Å². The fourth-order valence-corrected chi connectivity index (χ4v) is 3.61. The fraction of sp³-hybridized carbons (Fsp3) is 0.455. The van der Waals surface area contributed by atoms with Gasteiger partial charge in [0.2, 0.25) is 0 Å². The van der Waals surface area contributed by atoms with Crippen molar-refractivity contribution in [3.8, 4) is 0 Å². The van der Waals surface area contributed by atoms with Gasteiger partial charge in [0.15, 0.2) is 9.84 Å². The summed E-state index contributed by atoms with van der Waals surface area (Å²) in [4.78, 5) is 0.429. The van der Waals surface area contributed by atoms with Crippen LogP contribution in [0.3, 0.4) is 0 Å². The van der Waals surface area contributed by atoms with Gasteiger partial charge in [0.1, 0.15) is 0 Å². The van der Waals surface area contributed by atoms with Gasteiger partial charge in [0, 0.05) is 6.04 Å². The first-order valence-electron chi connectivity index (χ1n) is 5.09. The van der Waals surface area contributed by atoms with Crippen LogP contribution in [0, 0.1) is 6.92 Å². The van der Waals surface area contributed by atoms with Crippen molar-refractivity contribution in [2.75, 3.05) is 5.75 Å². The topological polar surface area (TPSA) is 60.2 Å². The van der Waals surface area contributed by atoms with Crippen molar-refractivity contribution in [3.63, 3.8) is 0 Å². The molecule has 1 heterocycles. The zero-order valence-corrected chi connectivity index (χ0v) is 9.55. The number of benzene rings is 1. The quantitative estimate of drug-likeness (QED) is 0.729. The lowest BCUT2D eigenvalue weighted by Gasteiger charge is -2.12. The van der Waals surface area contributed by atoms with E-state index < -0.39 is 9.84 Å². The maximum absolute atomic E-state index is 11.9. The highest BCUT2D eigenvalue weighted by Gasteiger charge is 2.25. The van der Waals surface area contributed by atoms with E-state index in [2.05, 4.69) is 0 Å². The van der Waals surface area contributed by atoms with Crippen LogP contribution in [0.25, 0.3) is 0 Å². The van der Waals surface area contributed by atoms with E-state index in [9.17, 15) is 8.42 Å². The molecular formula is C11H15NO2S. The van der Waals surface area contributed by atoms with Crippen molar-refractivity contribution >= 4 is 9.84 Å². The average molecular weight is 225 g/mol. The van der Waals surface area contributed by atoms with Crippen LogP contribution in [0.15, 0.2) is 23.1 Å². The Hall–Kier alpha value is -0.870. The van der Waals surface area contributed by atoms with Crippen LogP contribution in [0.5, 0.6) is 0 Å². The van der Waals surface area contributed by atoms with Gasteiger partial charge in [0.05, 0.1) is 10.6 Å². The molecule has 0 aromatic heterocycles. The molecule has 2 rings (SSSR count). The van der Waals surface area contributed by atoms with E-state index in [4.69, 9.17) is 5.73 Å². The molecule has 0 radical (unpaired) electrons. The van der Waals surface area contributed by atoms with Crippen molar-refractivity contribution in [1.82, 2.24) is 0 Å². The van der Waals surface area contributed by atoms with Crippen molar-refractivity contribution in [2.45, 2.75) is 30.7 Å². The van der Waals surface area contributed by atoms with E-state index in [1.807, 2.05) is 19.1 Å². The molecule has 0 saturated heterocycles. The SMILES string of the molecule is Cc1ccc2c(c1)C(N)CCCS2(=O)=O. The Kier molecular flexibility index (Phi) is 2.56. The maximum atomic E-state index is 11.9. The van der Waals surface area contributed by atoms with E-state index in [1.54, 1.807) is 6.07 Å². The van der Waals surface area contributed by atoms with Crippen LogP contribution in [0.2, 0.25) is 0 Å². The van der Waals surface area contributed by atoms with Gasteiger partial charge in [0.25, 0.3) is 0 Å². The molecule has 1 unspecified atom stereocenters. The molecule has 0 saturated carbocycles. The molecule has 0 aliphatic carbocycles. The van der Waals surface area contributed by atoms with Crippen LogP contribution in [0.4, 0.5) is 0 Å².